The Morgan fingerprint density at radius 1 is 0.975 bits per heavy atom. The Balaban J connectivity index is 1.35. The standard InChI is InChI=1S/C30H35N5O5/c1-3-40-30(39)35-27-19-34(29(38)25(20-36)21-7-5-4-6-8-21)18-24(27)26(31-35)17-28(37)22-9-11-23(12-10-22)33-15-13-32(2)14-16-33/h4-12,25,36H,3,13-20H2,1-2H3/t25-/m1/s1. The van der Waals surface area contributed by atoms with Crippen LogP contribution in [0.3, 0.4) is 0 Å². The van der Waals surface area contributed by atoms with E-state index in [1.165, 1.54) is 4.68 Å². The topological polar surface area (TPSA) is 108 Å². The van der Waals surface area contributed by atoms with Gasteiger partial charge in [0, 0.05) is 49.5 Å². The maximum Gasteiger partial charge on any atom is 0.434 e. The van der Waals surface area contributed by atoms with Gasteiger partial charge in [-0.15, -0.1) is 0 Å². The highest BCUT2D eigenvalue weighted by molar-refractivity contribution is 5.98. The fraction of sp³-hybridized carbons (Fsp3) is 0.400. The lowest BCUT2D eigenvalue weighted by molar-refractivity contribution is -0.134. The summed E-state index contributed by atoms with van der Waals surface area (Å²) in [6, 6.07) is 16.7. The molecule has 1 saturated heterocycles. The van der Waals surface area contributed by atoms with Gasteiger partial charge < -0.3 is 24.5 Å². The van der Waals surface area contributed by atoms with Crippen LogP contribution in [0, 0.1) is 0 Å². The van der Waals surface area contributed by atoms with Crippen LogP contribution in [0.4, 0.5) is 10.5 Å². The van der Waals surface area contributed by atoms with Gasteiger partial charge in [-0.1, -0.05) is 30.3 Å². The fourth-order valence-corrected chi connectivity index (χ4v) is 5.35. The van der Waals surface area contributed by atoms with Crippen molar-refractivity contribution in [1.29, 1.82) is 0 Å². The van der Waals surface area contributed by atoms with Crippen molar-refractivity contribution in [2.24, 2.45) is 0 Å². The fourth-order valence-electron chi connectivity index (χ4n) is 5.35. The normalized spacial score (nSPS) is 16.1. The summed E-state index contributed by atoms with van der Waals surface area (Å²) in [6.45, 7) is 5.76. The predicted molar refractivity (Wildman–Crippen MR) is 149 cm³/mol. The monoisotopic (exact) mass is 545 g/mol. The van der Waals surface area contributed by atoms with Gasteiger partial charge in [0.25, 0.3) is 0 Å². The largest absolute Gasteiger partial charge is 0.448 e. The number of carbonyl (C=O) groups is 3. The maximum atomic E-state index is 13.4. The highest BCUT2D eigenvalue weighted by Gasteiger charge is 2.36. The zero-order chi connectivity index (χ0) is 28.2. The van der Waals surface area contributed by atoms with Gasteiger partial charge in [-0.05, 0) is 43.8 Å². The first-order valence-corrected chi connectivity index (χ1v) is 13.7. The van der Waals surface area contributed by atoms with E-state index in [-0.39, 0.29) is 44.4 Å². The molecule has 40 heavy (non-hydrogen) atoms. The average Bonchev–Trinajstić information content (AvgIpc) is 3.55. The molecule has 0 unspecified atom stereocenters. The highest BCUT2D eigenvalue weighted by Crippen LogP contribution is 2.30. The van der Waals surface area contributed by atoms with Crippen molar-refractivity contribution in [2.45, 2.75) is 32.4 Å². The van der Waals surface area contributed by atoms with Gasteiger partial charge in [0.05, 0.1) is 43.5 Å². The van der Waals surface area contributed by atoms with Gasteiger partial charge in [-0.3, -0.25) is 9.59 Å². The Morgan fingerprint density at radius 2 is 1.68 bits per heavy atom. The molecule has 1 atom stereocenters. The molecule has 1 fully saturated rings. The highest BCUT2D eigenvalue weighted by atomic mass is 16.6. The van der Waals surface area contributed by atoms with Crippen LogP contribution in [0.25, 0.3) is 0 Å². The number of ether oxygens (including phenoxy) is 1. The van der Waals surface area contributed by atoms with Crippen LogP contribution in [-0.4, -0.2) is 88.9 Å². The number of aromatic nitrogens is 2. The quantitative estimate of drug-likeness (QED) is 0.431. The second kappa shape index (κ2) is 12.0. The third-order valence-corrected chi connectivity index (χ3v) is 7.68. The summed E-state index contributed by atoms with van der Waals surface area (Å²) in [5, 5.41) is 14.5. The van der Waals surface area contributed by atoms with Crippen molar-refractivity contribution in [3.8, 4) is 0 Å². The summed E-state index contributed by atoms with van der Waals surface area (Å²) >= 11 is 0. The van der Waals surface area contributed by atoms with E-state index in [2.05, 4.69) is 21.9 Å². The molecule has 0 radical (unpaired) electrons. The average molecular weight is 546 g/mol. The molecule has 10 nitrogen and oxygen atoms in total. The molecule has 1 amide bonds. The summed E-state index contributed by atoms with van der Waals surface area (Å²) < 4.78 is 6.36. The van der Waals surface area contributed by atoms with Crippen molar-refractivity contribution in [3.63, 3.8) is 0 Å². The number of aliphatic hydroxyl groups is 1. The molecule has 0 saturated carbocycles. The molecule has 1 aromatic heterocycles. The lowest BCUT2D eigenvalue weighted by Crippen LogP contribution is -2.44. The van der Waals surface area contributed by atoms with Gasteiger partial charge in [0.2, 0.25) is 5.91 Å². The summed E-state index contributed by atoms with van der Waals surface area (Å²) in [5.41, 5.74) is 4.02. The summed E-state index contributed by atoms with van der Waals surface area (Å²) in [7, 11) is 2.11. The molecule has 2 aliphatic heterocycles. The zero-order valence-corrected chi connectivity index (χ0v) is 23.0. The number of rotatable bonds is 8. The number of hydrogen-bond acceptors (Lipinski definition) is 8. The molecule has 10 heteroatoms. The Bertz CT molecular complexity index is 1360. The SMILES string of the molecule is CCOC(=O)n1nc(CC(=O)c2ccc(N3CCN(C)CC3)cc2)c2c1CN(C(=O)[C@H](CO)c1ccccc1)C2. The van der Waals surface area contributed by atoms with E-state index in [0.29, 0.717) is 28.1 Å². The maximum absolute atomic E-state index is 13.4. The van der Waals surface area contributed by atoms with Crippen LogP contribution in [-0.2, 0) is 29.0 Å². The molecule has 0 aliphatic carbocycles. The lowest BCUT2D eigenvalue weighted by atomic mass is 9.98. The Hall–Kier alpha value is -4.02. The van der Waals surface area contributed by atoms with Gasteiger partial charge in [-0.2, -0.15) is 9.78 Å². The van der Waals surface area contributed by atoms with E-state index in [4.69, 9.17) is 4.74 Å². The van der Waals surface area contributed by atoms with Crippen molar-refractivity contribution >= 4 is 23.5 Å². The van der Waals surface area contributed by atoms with E-state index in [1.807, 2.05) is 42.5 Å². The number of nitrogens with zero attached hydrogens (tertiary/aromatic N) is 5. The molecule has 3 heterocycles. The minimum Gasteiger partial charge on any atom is -0.448 e. The van der Waals surface area contributed by atoms with Crippen LogP contribution in [0.2, 0.25) is 0 Å². The summed E-state index contributed by atoms with van der Waals surface area (Å²) in [5.74, 6) is -1.10. The molecule has 2 aliphatic rings. The lowest BCUT2D eigenvalue weighted by Gasteiger charge is -2.34. The molecular formula is C30H35N5O5. The first-order valence-electron chi connectivity index (χ1n) is 13.7. The zero-order valence-electron chi connectivity index (χ0n) is 23.0. The number of ketones is 1. The third-order valence-electron chi connectivity index (χ3n) is 7.68. The number of benzene rings is 2. The van der Waals surface area contributed by atoms with Crippen molar-refractivity contribution in [1.82, 2.24) is 19.6 Å². The molecule has 0 bridgehead atoms. The van der Waals surface area contributed by atoms with Gasteiger partial charge >= 0.3 is 6.09 Å². The van der Waals surface area contributed by atoms with Crippen LogP contribution < -0.4 is 4.90 Å². The second-order valence-electron chi connectivity index (χ2n) is 10.3. The van der Waals surface area contributed by atoms with E-state index in [9.17, 15) is 19.5 Å². The molecule has 0 spiro atoms. The summed E-state index contributed by atoms with van der Waals surface area (Å²) in [4.78, 5) is 45.6. The predicted octanol–water partition coefficient (Wildman–Crippen LogP) is 2.68. The van der Waals surface area contributed by atoms with Crippen LogP contribution in [0.15, 0.2) is 54.6 Å². The number of anilines is 1. The van der Waals surface area contributed by atoms with Crippen molar-refractivity contribution < 1.29 is 24.2 Å². The van der Waals surface area contributed by atoms with E-state index >= 15 is 0 Å². The van der Waals surface area contributed by atoms with Crippen molar-refractivity contribution in [3.05, 3.63) is 82.7 Å². The third kappa shape index (κ3) is 5.64. The molecular weight excluding hydrogens is 510 g/mol. The first-order chi connectivity index (χ1) is 19.4. The summed E-state index contributed by atoms with van der Waals surface area (Å²) in [6.07, 6.45) is -0.655. The Labute approximate surface area is 233 Å². The number of hydrogen-bond donors (Lipinski definition) is 1. The van der Waals surface area contributed by atoms with Crippen LogP contribution in [0.1, 0.15) is 45.7 Å². The number of Topliss-reactive ketones (excluding diaryl/α,β-unsaturated/α-hetero) is 1. The van der Waals surface area contributed by atoms with E-state index < -0.39 is 12.0 Å². The molecule has 3 aromatic rings. The molecule has 1 N–H and O–H groups in total. The number of aliphatic hydroxyl groups excluding tert-OH is 1. The van der Waals surface area contributed by atoms with E-state index in [0.717, 1.165) is 31.9 Å². The molecule has 210 valence electrons. The minimum atomic E-state index is -0.724. The van der Waals surface area contributed by atoms with Gasteiger partial charge in [0.1, 0.15) is 0 Å². The minimum absolute atomic E-state index is 0.00720. The molecule has 2 aromatic carbocycles. The van der Waals surface area contributed by atoms with Crippen LogP contribution in [0.5, 0.6) is 0 Å². The first kappa shape index (κ1) is 27.5. The number of likely N-dealkylation sites (N-methyl/N-ethyl adjacent to an activating group) is 1. The number of carbonyl (C=O) groups excluding carboxylic acids is 3. The Morgan fingerprint density at radius 3 is 2.33 bits per heavy atom. The van der Waals surface area contributed by atoms with Gasteiger partial charge in [0.15, 0.2) is 5.78 Å². The number of piperazine rings is 1. The second-order valence-corrected chi connectivity index (χ2v) is 10.3. The van der Waals surface area contributed by atoms with Crippen LogP contribution >= 0.6 is 0 Å². The van der Waals surface area contributed by atoms with Crippen molar-refractivity contribution in [2.75, 3.05) is 51.3 Å². The smallest absolute Gasteiger partial charge is 0.434 e. The van der Waals surface area contributed by atoms with E-state index in [1.54, 1.807) is 24.0 Å². The molecule has 5 rings (SSSR count). The number of fused-ring (bicyclic) bond motifs is 1. The Kier molecular flexibility index (Phi) is 8.27. The number of amides is 1. The van der Waals surface area contributed by atoms with Gasteiger partial charge in [-0.25, -0.2) is 4.79 Å².